The summed E-state index contributed by atoms with van der Waals surface area (Å²) in [7, 11) is 1.15. The molecule has 0 aliphatic heterocycles. The maximum absolute atomic E-state index is 11.7. The van der Waals surface area contributed by atoms with E-state index in [-0.39, 0.29) is 0 Å². The van der Waals surface area contributed by atoms with Gasteiger partial charge in [0, 0.05) is 40.8 Å². The predicted molar refractivity (Wildman–Crippen MR) is 55.1 cm³/mol. The van der Waals surface area contributed by atoms with Crippen molar-refractivity contribution in [3.63, 3.8) is 0 Å². The van der Waals surface area contributed by atoms with E-state index in [1.165, 1.54) is 29.8 Å². The minimum atomic E-state index is -3.37. The molecule has 7 heteroatoms. The van der Waals surface area contributed by atoms with Crippen LogP contribution < -0.4 is 5.73 Å². The predicted octanol–water partition coefficient (Wildman–Crippen LogP) is -1.30. The number of hydrogen-bond donors (Lipinski definition) is 1. The summed E-state index contributed by atoms with van der Waals surface area (Å²) in [5.74, 6) is 0. The Labute approximate surface area is 85.8 Å². The van der Waals surface area contributed by atoms with Gasteiger partial charge in [-0.1, -0.05) is 0 Å². The van der Waals surface area contributed by atoms with E-state index in [1.54, 1.807) is 0 Å². The highest BCUT2D eigenvalue weighted by Gasteiger charge is 2.22. The summed E-state index contributed by atoms with van der Waals surface area (Å²) < 4.78 is 30.6. The van der Waals surface area contributed by atoms with Crippen LogP contribution >= 0.6 is 0 Å². The standard InChI is InChI=1S/C7H19N3O3S/c1-9(2)14(11,12)10(5-4-8)6-7-13-3/h4-8H2,1-3H3. The average molecular weight is 225 g/mol. The second kappa shape index (κ2) is 6.31. The maximum atomic E-state index is 11.7. The first kappa shape index (κ1) is 13.8. The van der Waals surface area contributed by atoms with Gasteiger partial charge in [-0.05, 0) is 0 Å². The van der Waals surface area contributed by atoms with E-state index < -0.39 is 10.2 Å². The Morgan fingerprint density at radius 1 is 1.29 bits per heavy atom. The zero-order valence-corrected chi connectivity index (χ0v) is 9.75. The van der Waals surface area contributed by atoms with Gasteiger partial charge in [-0.3, -0.25) is 0 Å². The monoisotopic (exact) mass is 225 g/mol. The molecule has 0 heterocycles. The molecule has 0 spiro atoms. The molecule has 0 radical (unpaired) electrons. The van der Waals surface area contributed by atoms with Gasteiger partial charge in [-0.15, -0.1) is 0 Å². The van der Waals surface area contributed by atoms with Crippen molar-refractivity contribution in [2.75, 3.05) is 47.4 Å². The molecule has 6 nitrogen and oxygen atoms in total. The molecule has 0 aromatic heterocycles. The van der Waals surface area contributed by atoms with Gasteiger partial charge in [-0.25, -0.2) is 0 Å². The molecule has 0 fully saturated rings. The smallest absolute Gasteiger partial charge is 0.281 e. The number of ether oxygens (including phenoxy) is 1. The SMILES string of the molecule is COCCN(CCN)S(=O)(=O)N(C)C. The largest absolute Gasteiger partial charge is 0.383 e. The lowest BCUT2D eigenvalue weighted by atomic mass is 10.6. The van der Waals surface area contributed by atoms with Crippen LogP contribution in [-0.2, 0) is 14.9 Å². The Morgan fingerprint density at radius 2 is 1.86 bits per heavy atom. The molecule has 0 unspecified atom stereocenters. The summed E-state index contributed by atoms with van der Waals surface area (Å²) >= 11 is 0. The van der Waals surface area contributed by atoms with Gasteiger partial charge in [0.25, 0.3) is 10.2 Å². The molecule has 0 amide bonds. The number of methoxy groups -OCH3 is 1. The highest BCUT2D eigenvalue weighted by molar-refractivity contribution is 7.86. The Bertz CT molecular complexity index is 241. The van der Waals surface area contributed by atoms with Crippen molar-refractivity contribution in [2.45, 2.75) is 0 Å². The van der Waals surface area contributed by atoms with Crippen LogP contribution in [0, 0.1) is 0 Å². The zero-order chi connectivity index (χ0) is 11.2. The molecular formula is C7H19N3O3S. The summed E-state index contributed by atoms with van der Waals surface area (Å²) in [5.41, 5.74) is 5.33. The van der Waals surface area contributed by atoms with Crippen molar-refractivity contribution >= 4 is 10.2 Å². The zero-order valence-electron chi connectivity index (χ0n) is 8.93. The van der Waals surface area contributed by atoms with Crippen molar-refractivity contribution in [2.24, 2.45) is 5.73 Å². The van der Waals surface area contributed by atoms with Crippen molar-refractivity contribution in [3.8, 4) is 0 Å². The first-order valence-electron chi connectivity index (χ1n) is 4.33. The van der Waals surface area contributed by atoms with Gasteiger partial charge in [-0.2, -0.15) is 17.0 Å². The van der Waals surface area contributed by atoms with Gasteiger partial charge in [0.2, 0.25) is 0 Å². The second-order valence-electron chi connectivity index (χ2n) is 2.97. The van der Waals surface area contributed by atoms with Crippen LogP contribution in [0.2, 0.25) is 0 Å². The van der Waals surface area contributed by atoms with Gasteiger partial charge in [0.15, 0.2) is 0 Å². The normalized spacial score (nSPS) is 12.7. The molecule has 0 aromatic carbocycles. The third-order valence-electron chi connectivity index (χ3n) is 1.71. The highest BCUT2D eigenvalue weighted by Crippen LogP contribution is 2.02. The van der Waals surface area contributed by atoms with Gasteiger partial charge in [0.1, 0.15) is 0 Å². The number of hydrogen-bond acceptors (Lipinski definition) is 4. The molecule has 86 valence electrons. The lowest BCUT2D eigenvalue weighted by Crippen LogP contribution is -2.44. The Hall–Kier alpha value is -0.210. The van der Waals surface area contributed by atoms with Gasteiger partial charge >= 0.3 is 0 Å². The topological polar surface area (TPSA) is 75.9 Å². The van der Waals surface area contributed by atoms with Crippen molar-refractivity contribution < 1.29 is 13.2 Å². The number of rotatable bonds is 7. The second-order valence-corrected chi connectivity index (χ2v) is 5.11. The first-order valence-corrected chi connectivity index (χ1v) is 5.73. The molecule has 0 atom stereocenters. The molecular weight excluding hydrogens is 206 g/mol. The average Bonchev–Trinajstić information content (AvgIpc) is 2.11. The fourth-order valence-corrected chi connectivity index (χ4v) is 2.01. The van der Waals surface area contributed by atoms with Gasteiger partial charge in [0.05, 0.1) is 6.61 Å². The molecule has 0 saturated heterocycles. The van der Waals surface area contributed by atoms with E-state index >= 15 is 0 Å². The molecule has 0 bridgehead atoms. The van der Waals surface area contributed by atoms with Crippen LogP contribution in [-0.4, -0.2) is 64.5 Å². The molecule has 0 rings (SSSR count). The summed E-state index contributed by atoms with van der Waals surface area (Å²) in [6, 6.07) is 0. The Kier molecular flexibility index (Phi) is 6.21. The van der Waals surface area contributed by atoms with E-state index in [1.807, 2.05) is 0 Å². The molecule has 0 saturated carbocycles. The molecule has 0 aromatic rings. The van der Waals surface area contributed by atoms with Crippen molar-refractivity contribution in [3.05, 3.63) is 0 Å². The third-order valence-corrected chi connectivity index (χ3v) is 3.65. The lowest BCUT2D eigenvalue weighted by Gasteiger charge is -2.24. The molecule has 0 aliphatic carbocycles. The van der Waals surface area contributed by atoms with Crippen LogP contribution in [0.5, 0.6) is 0 Å². The van der Waals surface area contributed by atoms with Gasteiger partial charge < -0.3 is 10.5 Å². The van der Waals surface area contributed by atoms with Crippen LogP contribution in [0.1, 0.15) is 0 Å². The van der Waals surface area contributed by atoms with Crippen LogP contribution in [0.25, 0.3) is 0 Å². The fraction of sp³-hybridized carbons (Fsp3) is 1.00. The van der Waals surface area contributed by atoms with E-state index in [2.05, 4.69) is 0 Å². The van der Waals surface area contributed by atoms with Crippen molar-refractivity contribution in [1.82, 2.24) is 8.61 Å². The van der Waals surface area contributed by atoms with Crippen LogP contribution in [0.3, 0.4) is 0 Å². The summed E-state index contributed by atoms with van der Waals surface area (Å²) in [5, 5.41) is 0. The summed E-state index contributed by atoms with van der Waals surface area (Å²) in [6.45, 7) is 1.31. The van der Waals surface area contributed by atoms with E-state index in [4.69, 9.17) is 10.5 Å². The quantitative estimate of drug-likeness (QED) is 0.584. The number of nitrogens with zero attached hydrogens (tertiary/aromatic N) is 2. The van der Waals surface area contributed by atoms with Crippen molar-refractivity contribution in [1.29, 1.82) is 0 Å². The lowest BCUT2D eigenvalue weighted by molar-refractivity contribution is 0.177. The van der Waals surface area contributed by atoms with E-state index in [0.717, 1.165) is 0 Å². The summed E-state index contributed by atoms with van der Waals surface area (Å²) in [6.07, 6.45) is 0. The number of nitrogens with two attached hydrogens (primary N) is 1. The minimum absolute atomic E-state index is 0.302. The maximum Gasteiger partial charge on any atom is 0.281 e. The first-order chi connectivity index (χ1) is 6.46. The third kappa shape index (κ3) is 3.89. The fourth-order valence-electron chi connectivity index (χ4n) is 0.911. The molecule has 0 aliphatic rings. The van der Waals surface area contributed by atoms with E-state index in [9.17, 15) is 8.42 Å². The van der Waals surface area contributed by atoms with Crippen LogP contribution in [0.15, 0.2) is 0 Å². The minimum Gasteiger partial charge on any atom is -0.383 e. The Morgan fingerprint density at radius 3 is 2.21 bits per heavy atom. The molecule has 2 N–H and O–H groups in total. The molecule has 14 heavy (non-hydrogen) atoms. The summed E-state index contributed by atoms with van der Waals surface area (Å²) in [4.78, 5) is 0. The Balaban J connectivity index is 4.47. The van der Waals surface area contributed by atoms with E-state index in [0.29, 0.717) is 26.2 Å². The highest BCUT2D eigenvalue weighted by atomic mass is 32.2. The van der Waals surface area contributed by atoms with Crippen LogP contribution in [0.4, 0.5) is 0 Å².